The molecule has 0 bridgehead atoms. The van der Waals surface area contributed by atoms with Crippen molar-refractivity contribution in [2.75, 3.05) is 4.31 Å². The number of fused-ring (bicyclic) bond motifs is 1. The number of aryl methyl sites for hydroxylation is 2. The van der Waals surface area contributed by atoms with Crippen LogP contribution < -0.4 is 4.31 Å². The van der Waals surface area contributed by atoms with E-state index in [-0.39, 0.29) is 16.4 Å². The molecule has 3 rings (SSSR count). The monoisotopic (exact) mass is 385 g/mol. The first-order valence-corrected chi connectivity index (χ1v) is 9.73. The van der Waals surface area contributed by atoms with E-state index in [4.69, 9.17) is 4.42 Å². The van der Waals surface area contributed by atoms with Crippen molar-refractivity contribution >= 4 is 38.4 Å². The van der Waals surface area contributed by atoms with Gasteiger partial charge in [0, 0.05) is 12.3 Å². The number of amides is 1. The van der Waals surface area contributed by atoms with Crippen molar-refractivity contribution < 1.29 is 22.4 Å². The molecular weight excluding hydrogens is 366 g/mol. The lowest BCUT2D eigenvalue weighted by atomic mass is 10.1. The van der Waals surface area contributed by atoms with Gasteiger partial charge in [-0.25, -0.2) is 12.7 Å². The van der Waals surface area contributed by atoms with Crippen LogP contribution in [0.15, 0.2) is 51.8 Å². The van der Waals surface area contributed by atoms with Gasteiger partial charge in [-0.1, -0.05) is 17.7 Å². The molecule has 140 valence electrons. The van der Waals surface area contributed by atoms with Crippen LogP contribution in [0.5, 0.6) is 0 Å². The van der Waals surface area contributed by atoms with E-state index >= 15 is 0 Å². The van der Waals surface area contributed by atoms with E-state index in [1.807, 2.05) is 6.92 Å². The maximum Gasteiger partial charge on any atom is 0.270 e. The summed E-state index contributed by atoms with van der Waals surface area (Å²) in [5.74, 6) is -0.399. The fraction of sp³-hybridized carbons (Fsp3) is 0.200. The minimum Gasteiger partial charge on any atom is -0.461 e. The zero-order valence-corrected chi connectivity index (χ0v) is 16.3. The molecule has 0 aliphatic rings. The summed E-state index contributed by atoms with van der Waals surface area (Å²) in [5.41, 5.74) is 1.89. The zero-order chi connectivity index (χ0) is 19.9. The van der Waals surface area contributed by atoms with Gasteiger partial charge in [-0.15, -0.1) is 0 Å². The lowest BCUT2D eigenvalue weighted by molar-refractivity contribution is -0.115. The van der Waals surface area contributed by atoms with Crippen LogP contribution in [0.3, 0.4) is 0 Å². The zero-order valence-electron chi connectivity index (χ0n) is 15.4. The second kappa shape index (κ2) is 6.66. The Kier molecular flexibility index (Phi) is 4.65. The van der Waals surface area contributed by atoms with Crippen molar-refractivity contribution in [3.05, 3.63) is 59.4 Å². The van der Waals surface area contributed by atoms with Gasteiger partial charge in [-0.3, -0.25) is 9.59 Å². The van der Waals surface area contributed by atoms with Crippen molar-refractivity contribution in [1.29, 1.82) is 0 Å². The Hall–Kier alpha value is -2.93. The number of benzene rings is 2. The largest absolute Gasteiger partial charge is 0.461 e. The molecule has 0 saturated carbocycles. The standard InChI is InChI=1S/C20H19NO5S/c1-12-5-8-17(9-6-12)27(24,25)21(15(4)23)16-7-10-19-18(11-16)20(13(2)22)14(3)26-19/h5-11H,1-4H3. The third-order valence-electron chi connectivity index (χ3n) is 4.28. The summed E-state index contributed by atoms with van der Waals surface area (Å²) in [4.78, 5) is 24.2. The van der Waals surface area contributed by atoms with Crippen LogP contribution in [0.25, 0.3) is 11.0 Å². The van der Waals surface area contributed by atoms with Gasteiger partial charge in [0.15, 0.2) is 5.78 Å². The Morgan fingerprint density at radius 1 is 0.963 bits per heavy atom. The van der Waals surface area contributed by atoms with E-state index in [1.54, 1.807) is 25.1 Å². The minimum atomic E-state index is -4.10. The van der Waals surface area contributed by atoms with E-state index in [9.17, 15) is 18.0 Å². The fourth-order valence-electron chi connectivity index (χ4n) is 3.08. The van der Waals surface area contributed by atoms with Crippen LogP contribution in [-0.2, 0) is 14.8 Å². The lowest BCUT2D eigenvalue weighted by Gasteiger charge is -2.21. The van der Waals surface area contributed by atoms with Gasteiger partial charge in [0.1, 0.15) is 11.3 Å². The number of hydrogen-bond acceptors (Lipinski definition) is 5. The van der Waals surface area contributed by atoms with Crippen molar-refractivity contribution in [3.8, 4) is 0 Å². The summed E-state index contributed by atoms with van der Waals surface area (Å²) < 4.78 is 32.4. The maximum absolute atomic E-state index is 13.1. The molecule has 0 N–H and O–H groups in total. The molecule has 2 aromatic carbocycles. The van der Waals surface area contributed by atoms with Crippen molar-refractivity contribution in [2.24, 2.45) is 0 Å². The molecule has 6 nitrogen and oxygen atoms in total. The Morgan fingerprint density at radius 3 is 2.15 bits per heavy atom. The van der Waals surface area contributed by atoms with Crippen molar-refractivity contribution in [3.63, 3.8) is 0 Å². The highest BCUT2D eigenvalue weighted by atomic mass is 32.2. The van der Waals surface area contributed by atoms with Crippen LogP contribution in [0.1, 0.15) is 35.5 Å². The quantitative estimate of drug-likeness (QED) is 0.634. The van der Waals surface area contributed by atoms with Crippen LogP contribution in [0, 0.1) is 13.8 Å². The Balaban J connectivity index is 2.21. The number of furan rings is 1. The van der Waals surface area contributed by atoms with Gasteiger partial charge < -0.3 is 4.42 Å². The third-order valence-corrected chi connectivity index (χ3v) is 6.10. The minimum absolute atomic E-state index is 0.0126. The molecule has 0 aliphatic carbocycles. The molecule has 27 heavy (non-hydrogen) atoms. The molecule has 1 aromatic heterocycles. The number of anilines is 1. The summed E-state index contributed by atoms with van der Waals surface area (Å²) in [5, 5.41) is 0.475. The SMILES string of the molecule is CC(=O)c1c(C)oc2ccc(N(C(C)=O)S(=O)(=O)c3ccc(C)cc3)cc12. The van der Waals surface area contributed by atoms with Crippen molar-refractivity contribution in [1.82, 2.24) is 0 Å². The average Bonchev–Trinajstić information content (AvgIpc) is 2.90. The number of hydrogen-bond donors (Lipinski definition) is 0. The van der Waals surface area contributed by atoms with Crippen LogP contribution >= 0.6 is 0 Å². The van der Waals surface area contributed by atoms with Gasteiger partial charge >= 0.3 is 0 Å². The number of rotatable bonds is 4. The molecule has 0 saturated heterocycles. The van der Waals surface area contributed by atoms with Gasteiger partial charge in [0.25, 0.3) is 10.0 Å². The Morgan fingerprint density at radius 2 is 1.59 bits per heavy atom. The van der Waals surface area contributed by atoms with Crippen LogP contribution in [0.2, 0.25) is 0 Å². The smallest absolute Gasteiger partial charge is 0.270 e. The normalized spacial score (nSPS) is 11.6. The number of carbonyl (C=O) groups excluding carboxylic acids is 2. The summed E-state index contributed by atoms with van der Waals surface area (Å²) in [6.45, 7) is 6.11. The highest BCUT2D eigenvalue weighted by Gasteiger charge is 2.29. The Bertz CT molecular complexity index is 1160. The van der Waals surface area contributed by atoms with Gasteiger partial charge in [0.2, 0.25) is 5.91 Å². The van der Waals surface area contributed by atoms with Crippen molar-refractivity contribution in [2.45, 2.75) is 32.6 Å². The molecule has 0 fully saturated rings. The summed E-state index contributed by atoms with van der Waals surface area (Å²) >= 11 is 0. The fourth-order valence-corrected chi connectivity index (χ4v) is 4.50. The number of ketones is 1. The molecular formula is C20H19NO5S. The van der Waals surface area contributed by atoms with E-state index in [0.29, 0.717) is 22.3 Å². The van der Waals surface area contributed by atoms with Gasteiger partial charge in [-0.2, -0.15) is 0 Å². The lowest BCUT2D eigenvalue weighted by Crippen LogP contribution is -2.35. The number of nitrogens with zero attached hydrogens (tertiary/aromatic N) is 1. The van der Waals surface area contributed by atoms with Crippen LogP contribution in [-0.4, -0.2) is 20.1 Å². The molecule has 0 atom stereocenters. The summed E-state index contributed by atoms with van der Waals surface area (Å²) in [6.07, 6.45) is 0. The average molecular weight is 385 g/mol. The topological polar surface area (TPSA) is 84.7 Å². The number of sulfonamides is 1. The number of carbonyl (C=O) groups is 2. The maximum atomic E-state index is 13.1. The first kappa shape index (κ1) is 18.8. The first-order chi connectivity index (χ1) is 12.6. The molecule has 0 unspecified atom stereocenters. The van der Waals surface area contributed by atoms with E-state index in [1.165, 1.54) is 38.1 Å². The summed E-state index contributed by atoms with van der Waals surface area (Å²) in [7, 11) is -4.10. The van der Waals surface area contributed by atoms with Gasteiger partial charge in [-0.05, 0) is 51.1 Å². The van der Waals surface area contributed by atoms with Crippen LogP contribution in [0.4, 0.5) is 5.69 Å². The molecule has 7 heteroatoms. The molecule has 0 radical (unpaired) electrons. The van der Waals surface area contributed by atoms with E-state index in [2.05, 4.69) is 0 Å². The molecule has 0 spiro atoms. The predicted molar refractivity (Wildman–Crippen MR) is 102 cm³/mol. The second-order valence-corrected chi connectivity index (χ2v) is 8.16. The highest BCUT2D eigenvalue weighted by molar-refractivity contribution is 7.93. The van der Waals surface area contributed by atoms with E-state index < -0.39 is 15.9 Å². The highest BCUT2D eigenvalue weighted by Crippen LogP contribution is 2.32. The molecule has 1 heterocycles. The molecule has 0 aliphatic heterocycles. The molecule has 3 aromatic rings. The second-order valence-electron chi connectivity index (χ2n) is 6.37. The van der Waals surface area contributed by atoms with Gasteiger partial charge in [0.05, 0.1) is 16.1 Å². The van der Waals surface area contributed by atoms with E-state index in [0.717, 1.165) is 9.87 Å². The first-order valence-electron chi connectivity index (χ1n) is 8.29. The number of Topliss-reactive ketones (excluding diaryl/α,β-unsaturated/α-hetero) is 1. The third kappa shape index (κ3) is 3.26. The Labute approximate surface area is 157 Å². The summed E-state index contributed by atoms with van der Waals surface area (Å²) in [6, 6.07) is 10.8. The molecule has 1 amide bonds. The predicted octanol–water partition coefficient (Wildman–Crippen LogP) is 3.99.